The van der Waals surface area contributed by atoms with Gasteiger partial charge in [0.2, 0.25) is 0 Å². The van der Waals surface area contributed by atoms with Crippen LogP contribution in [0.2, 0.25) is 0 Å². The van der Waals surface area contributed by atoms with Crippen molar-refractivity contribution in [2.45, 2.75) is 56.5 Å². The van der Waals surface area contributed by atoms with Gasteiger partial charge in [0.05, 0.1) is 4.92 Å². The Morgan fingerprint density at radius 2 is 1.67 bits per heavy atom. The Balaban J connectivity index is 2.37. The number of carbonyl (C=O) groups excluding carboxylic acids is 1. The summed E-state index contributed by atoms with van der Waals surface area (Å²) in [6.07, 6.45) is 0.925. The van der Waals surface area contributed by atoms with E-state index >= 15 is 0 Å². The summed E-state index contributed by atoms with van der Waals surface area (Å²) >= 11 is 1.37. The van der Waals surface area contributed by atoms with E-state index in [1.165, 1.54) is 18.0 Å². The molecule has 0 amide bonds. The van der Waals surface area contributed by atoms with Crippen LogP contribution >= 0.6 is 11.9 Å². The Hall–Kier alpha value is -1.40. The largest absolute Gasteiger partial charge is 0.300 e. The number of carbonyl (C=O) groups is 1. The zero-order valence-corrected chi connectivity index (χ0v) is 13.6. The van der Waals surface area contributed by atoms with Gasteiger partial charge < -0.3 is 0 Å². The second-order valence-corrected chi connectivity index (χ2v) is 7.62. The number of para-hydroxylation sites is 1. The number of piperidine rings is 1. The average Bonchev–Trinajstić information content (AvgIpc) is 2.32. The molecule has 0 spiro atoms. The van der Waals surface area contributed by atoms with Crippen molar-refractivity contribution in [2.24, 2.45) is 0 Å². The minimum Gasteiger partial charge on any atom is -0.300 e. The Morgan fingerprint density at radius 3 is 2.19 bits per heavy atom. The smallest absolute Gasteiger partial charge is 0.284 e. The second kappa shape index (κ2) is 5.42. The topological polar surface area (TPSA) is 63.5 Å². The molecular formula is C15H20N2O3S. The van der Waals surface area contributed by atoms with Crippen LogP contribution < -0.4 is 0 Å². The van der Waals surface area contributed by atoms with Gasteiger partial charge in [-0.2, -0.15) is 0 Å². The Kier molecular flexibility index (Phi) is 4.13. The highest BCUT2D eigenvalue weighted by molar-refractivity contribution is 7.97. The predicted molar refractivity (Wildman–Crippen MR) is 83.2 cm³/mol. The van der Waals surface area contributed by atoms with Crippen LogP contribution in [0.5, 0.6) is 0 Å². The monoisotopic (exact) mass is 308 g/mol. The van der Waals surface area contributed by atoms with Crippen LogP contribution in [0.25, 0.3) is 0 Å². The molecule has 0 aromatic heterocycles. The van der Waals surface area contributed by atoms with Gasteiger partial charge in [0.25, 0.3) is 5.69 Å². The van der Waals surface area contributed by atoms with Crippen molar-refractivity contribution in [3.05, 3.63) is 34.4 Å². The number of hydrogen-bond donors (Lipinski definition) is 0. The molecule has 0 unspecified atom stereocenters. The summed E-state index contributed by atoms with van der Waals surface area (Å²) in [6, 6.07) is 6.73. The zero-order chi connectivity index (χ0) is 15.8. The molecule has 0 radical (unpaired) electrons. The molecule has 0 N–H and O–H groups in total. The van der Waals surface area contributed by atoms with E-state index in [0.29, 0.717) is 17.7 Å². The molecule has 0 saturated carbocycles. The standard InChI is InChI=1S/C15H20N2O3S/c1-14(2)9-11(18)10-15(3,4)17(14)21-13-8-6-5-7-12(13)16(19)20/h5-8H,9-10H2,1-4H3. The van der Waals surface area contributed by atoms with Gasteiger partial charge in [-0.3, -0.25) is 14.9 Å². The first kappa shape index (κ1) is 16.0. The maximum Gasteiger partial charge on any atom is 0.284 e. The average molecular weight is 308 g/mol. The highest BCUT2D eigenvalue weighted by Crippen LogP contribution is 2.45. The summed E-state index contributed by atoms with van der Waals surface area (Å²) in [6.45, 7) is 8.03. The van der Waals surface area contributed by atoms with Gasteiger partial charge in [0.1, 0.15) is 10.7 Å². The molecule has 0 atom stereocenters. The van der Waals surface area contributed by atoms with Crippen LogP contribution in [-0.2, 0) is 4.79 Å². The summed E-state index contributed by atoms with van der Waals surface area (Å²) in [4.78, 5) is 23.3. The highest BCUT2D eigenvalue weighted by Gasteiger charge is 2.46. The Morgan fingerprint density at radius 1 is 1.14 bits per heavy atom. The first-order valence-electron chi connectivity index (χ1n) is 6.87. The molecule has 0 aliphatic carbocycles. The third-order valence-corrected chi connectivity index (χ3v) is 5.32. The molecule has 1 fully saturated rings. The number of Topliss-reactive ketones (excluding diaryl/α,β-unsaturated/α-hetero) is 1. The van der Waals surface area contributed by atoms with E-state index in [-0.39, 0.29) is 27.5 Å². The van der Waals surface area contributed by atoms with Crippen LogP contribution in [0.15, 0.2) is 29.2 Å². The van der Waals surface area contributed by atoms with Gasteiger partial charge in [-0.1, -0.05) is 12.1 Å². The van der Waals surface area contributed by atoms with Crippen LogP contribution in [0.3, 0.4) is 0 Å². The lowest BCUT2D eigenvalue weighted by Crippen LogP contribution is -2.57. The Labute approximate surface area is 129 Å². The first-order valence-corrected chi connectivity index (χ1v) is 7.64. The van der Waals surface area contributed by atoms with Crippen LogP contribution in [0, 0.1) is 10.1 Å². The van der Waals surface area contributed by atoms with Gasteiger partial charge in [-0.25, -0.2) is 4.31 Å². The lowest BCUT2D eigenvalue weighted by atomic mass is 9.82. The van der Waals surface area contributed by atoms with E-state index in [4.69, 9.17) is 0 Å². The van der Waals surface area contributed by atoms with Gasteiger partial charge >= 0.3 is 0 Å². The number of nitrogens with zero attached hydrogens (tertiary/aromatic N) is 2. The molecule has 0 bridgehead atoms. The lowest BCUT2D eigenvalue weighted by Gasteiger charge is -2.50. The van der Waals surface area contributed by atoms with Crippen molar-refractivity contribution in [3.63, 3.8) is 0 Å². The third kappa shape index (κ3) is 3.27. The number of ketones is 1. The number of hydrogen-bond acceptors (Lipinski definition) is 5. The Bertz CT molecular complexity index is 564. The van der Waals surface area contributed by atoms with Crippen molar-refractivity contribution >= 4 is 23.4 Å². The minimum atomic E-state index is -0.364. The third-order valence-electron chi connectivity index (χ3n) is 3.61. The number of rotatable bonds is 3. The highest BCUT2D eigenvalue weighted by atomic mass is 32.2. The molecule has 1 aliphatic rings. The van der Waals surface area contributed by atoms with E-state index in [1.54, 1.807) is 18.2 Å². The second-order valence-electron chi connectivity index (χ2n) is 6.63. The first-order chi connectivity index (χ1) is 9.63. The normalized spacial score (nSPS) is 21.2. The fourth-order valence-corrected chi connectivity index (χ4v) is 4.22. The summed E-state index contributed by atoms with van der Waals surface area (Å²) in [5.41, 5.74) is -0.577. The number of benzene rings is 1. The van der Waals surface area contributed by atoms with Crippen LogP contribution in [0.4, 0.5) is 5.69 Å². The molecule has 1 heterocycles. The molecule has 1 aromatic carbocycles. The van der Waals surface area contributed by atoms with E-state index in [0.717, 1.165) is 0 Å². The maximum absolute atomic E-state index is 11.9. The fraction of sp³-hybridized carbons (Fsp3) is 0.533. The molecule has 5 nitrogen and oxygen atoms in total. The minimum absolute atomic E-state index is 0.103. The van der Waals surface area contributed by atoms with Crippen molar-refractivity contribution in [3.8, 4) is 0 Å². The molecule has 1 saturated heterocycles. The number of nitro groups is 1. The molecule has 21 heavy (non-hydrogen) atoms. The van der Waals surface area contributed by atoms with Crippen LogP contribution in [-0.4, -0.2) is 26.1 Å². The maximum atomic E-state index is 11.9. The van der Waals surface area contributed by atoms with Gasteiger partial charge in [-0.05, 0) is 45.7 Å². The van der Waals surface area contributed by atoms with E-state index in [1.807, 2.05) is 27.7 Å². The van der Waals surface area contributed by atoms with E-state index in [9.17, 15) is 14.9 Å². The fourth-order valence-electron chi connectivity index (χ4n) is 3.02. The summed E-state index contributed by atoms with van der Waals surface area (Å²) in [5.74, 6) is 0.240. The lowest BCUT2D eigenvalue weighted by molar-refractivity contribution is -0.387. The van der Waals surface area contributed by atoms with Crippen molar-refractivity contribution in [2.75, 3.05) is 0 Å². The van der Waals surface area contributed by atoms with Gasteiger partial charge in [-0.15, -0.1) is 0 Å². The van der Waals surface area contributed by atoms with Gasteiger partial charge in [0, 0.05) is 30.0 Å². The van der Waals surface area contributed by atoms with Gasteiger partial charge in [0.15, 0.2) is 0 Å². The molecule has 2 rings (SSSR count). The SMILES string of the molecule is CC1(C)CC(=O)CC(C)(C)N1Sc1ccccc1[N+](=O)[O-]. The molecule has 1 aliphatic heterocycles. The zero-order valence-electron chi connectivity index (χ0n) is 12.8. The summed E-state index contributed by atoms with van der Waals surface area (Å²) in [7, 11) is 0. The summed E-state index contributed by atoms with van der Waals surface area (Å²) < 4.78 is 2.13. The van der Waals surface area contributed by atoms with Crippen molar-refractivity contribution < 1.29 is 9.72 Å². The van der Waals surface area contributed by atoms with E-state index in [2.05, 4.69) is 4.31 Å². The summed E-state index contributed by atoms with van der Waals surface area (Å²) in [5, 5.41) is 11.2. The van der Waals surface area contributed by atoms with E-state index < -0.39 is 0 Å². The predicted octanol–water partition coefficient (Wildman–Crippen LogP) is 3.82. The quantitative estimate of drug-likeness (QED) is 0.482. The molecular weight excluding hydrogens is 288 g/mol. The molecule has 6 heteroatoms. The molecule has 114 valence electrons. The van der Waals surface area contributed by atoms with Crippen LogP contribution in [0.1, 0.15) is 40.5 Å². The molecule has 1 aromatic rings. The number of nitro benzene ring substituents is 1. The van der Waals surface area contributed by atoms with Crippen molar-refractivity contribution in [1.82, 2.24) is 4.31 Å². The van der Waals surface area contributed by atoms with Crippen molar-refractivity contribution in [1.29, 1.82) is 0 Å².